The minimum atomic E-state index is -0.0392. The zero-order valence-corrected chi connectivity index (χ0v) is 13.2. The molecule has 2 heterocycles. The number of nitrogens with zero attached hydrogens (tertiary/aromatic N) is 1. The lowest BCUT2D eigenvalue weighted by Gasteiger charge is -2.34. The van der Waals surface area contributed by atoms with Crippen molar-refractivity contribution < 1.29 is 9.59 Å². The van der Waals surface area contributed by atoms with Gasteiger partial charge in [-0.25, -0.2) is 0 Å². The van der Waals surface area contributed by atoms with Crippen molar-refractivity contribution in [2.24, 2.45) is 5.92 Å². The number of rotatable bonds is 4. The van der Waals surface area contributed by atoms with E-state index in [9.17, 15) is 9.59 Å². The van der Waals surface area contributed by atoms with Gasteiger partial charge in [-0.05, 0) is 38.1 Å². The monoisotopic (exact) mass is 296 g/mol. The second-order valence-corrected chi connectivity index (χ2v) is 6.28. The van der Waals surface area contributed by atoms with E-state index in [-0.39, 0.29) is 23.9 Å². The normalized spacial score (nSPS) is 28.1. The third-order valence-electron chi connectivity index (χ3n) is 4.63. The maximum atomic E-state index is 12.3. The third kappa shape index (κ3) is 4.68. The number of nitrogens with one attached hydrogen (secondary N) is 3. The Morgan fingerprint density at radius 1 is 1.24 bits per heavy atom. The zero-order valence-electron chi connectivity index (χ0n) is 13.2. The first-order chi connectivity index (χ1) is 10.1. The Labute approximate surface area is 127 Å². The van der Waals surface area contributed by atoms with E-state index in [0.29, 0.717) is 12.5 Å². The number of carbonyl (C=O) groups excluding carboxylic acids is 2. The molecule has 2 saturated heterocycles. The van der Waals surface area contributed by atoms with Crippen LogP contribution in [0.2, 0.25) is 0 Å². The molecule has 2 rings (SSSR count). The molecule has 0 aromatic carbocycles. The first-order valence-corrected chi connectivity index (χ1v) is 8.07. The average molecular weight is 296 g/mol. The number of amides is 2. The van der Waals surface area contributed by atoms with Gasteiger partial charge in [0.05, 0.1) is 12.6 Å². The molecular weight excluding hydrogens is 268 g/mol. The molecule has 120 valence electrons. The third-order valence-corrected chi connectivity index (χ3v) is 4.63. The van der Waals surface area contributed by atoms with Crippen LogP contribution in [-0.2, 0) is 9.59 Å². The fraction of sp³-hybridized carbons (Fsp3) is 0.867. The van der Waals surface area contributed by atoms with Crippen LogP contribution in [0.25, 0.3) is 0 Å². The SMILES string of the molecule is CNC(=O)CN1CCC(NC(=O)C2NCCCC2C)CC1. The van der Waals surface area contributed by atoms with Crippen molar-refractivity contribution >= 4 is 11.8 Å². The predicted octanol–water partition coefficient (Wildman–Crippen LogP) is -0.299. The van der Waals surface area contributed by atoms with Crippen LogP contribution in [0.1, 0.15) is 32.6 Å². The van der Waals surface area contributed by atoms with Gasteiger partial charge in [-0.1, -0.05) is 6.92 Å². The summed E-state index contributed by atoms with van der Waals surface area (Å²) in [6.07, 6.45) is 4.12. The van der Waals surface area contributed by atoms with Crippen LogP contribution in [0.4, 0.5) is 0 Å². The lowest BCUT2D eigenvalue weighted by atomic mass is 9.91. The maximum Gasteiger partial charge on any atom is 0.237 e. The Kier molecular flexibility index (Phi) is 5.99. The van der Waals surface area contributed by atoms with E-state index in [1.807, 2.05) is 0 Å². The van der Waals surface area contributed by atoms with Crippen molar-refractivity contribution in [2.45, 2.75) is 44.7 Å². The summed E-state index contributed by atoms with van der Waals surface area (Å²) < 4.78 is 0. The van der Waals surface area contributed by atoms with Gasteiger partial charge in [0.2, 0.25) is 11.8 Å². The second kappa shape index (κ2) is 7.75. The molecule has 2 aliphatic rings. The van der Waals surface area contributed by atoms with Gasteiger partial charge in [-0.3, -0.25) is 14.5 Å². The van der Waals surface area contributed by atoms with E-state index in [4.69, 9.17) is 0 Å². The first kappa shape index (κ1) is 16.2. The molecule has 6 heteroatoms. The molecular formula is C15H28N4O2. The summed E-state index contributed by atoms with van der Waals surface area (Å²) in [6.45, 7) is 5.27. The molecule has 0 bridgehead atoms. The molecule has 0 aromatic rings. The summed E-state index contributed by atoms with van der Waals surface area (Å²) in [7, 11) is 1.66. The van der Waals surface area contributed by atoms with Crippen molar-refractivity contribution in [3.63, 3.8) is 0 Å². The first-order valence-electron chi connectivity index (χ1n) is 8.07. The smallest absolute Gasteiger partial charge is 0.237 e. The van der Waals surface area contributed by atoms with Crippen LogP contribution < -0.4 is 16.0 Å². The average Bonchev–Trinajstić information content (AvgIpc) is 2.49. The van der Waals surface area contributed by atoms with Gasteiger partial charge in [-0.2, -0.15) is 0 Å². The number of hydrogen-bond donors (Lipinski definition) is 3. The highest BCUT2D eigenvalue weighted by atomic mass is 16.2. The molecule has 2 unspecified atom stereocenters. The fourth-order valence-corrected chi connectivity index (χ4v) is 3.21. The van der Waals surface area contributed by atoms with Gasteiger partial charge in [0.1, 0.15) is 0 Å². The summed E-state index contributed by atoms with van der Waals surface area (Å²) in [6, 6.07) is 0.206. The molecule has 0 aromatic heterocycles. The highest BCUT2D eigenvalue weighted by molar-refractivity contribution is 5.82. The van der Waals surface area contributed by atoms with Gasteiger partial charge in [0, 0.05) is 26.2 Å². The Balaban J connectivity index is 1.72. The van der Waals surface area contributed by atoms with Crippen molar-refractivity contribution in [1.29, 1.82) is 0 Å². The van der Waals surface area contributed by atoms with Gasteiger partial charge in [0.25, 0.3) is 0 Å². The van der Waals surface area contributed by atoms with Crippen molar-refractivity contribution in [3.8, 4) is 0 Å². The summed E-state index contributed by atoms with van der Waals surface area (Å²) in [4.78, 5) is 25.8. The summed E-state index contributed by atoms with van der Waals surface area (Å²) in [5.74, 6) is 0.608. The Morgan fingerprint density at radius 2 is 1.95 bits per heavy atom. The van der Waals surface area contributed by atoms with Crippen molar-refractivity contribution in [1.82, 2.24) is 20.9 Å². The van der Waals surface area contributed by atoms with Crippen LogP contribution in [0.15, 0.2) is 0 Å². The van der Waals surface area contributed by atoms with E-state index in [0.717, 1.165) is 45.3 Å². The van der Waals surface area contributed by atoms with Crippen LogP contribution in [0, 0.1) is 5.92 Å². The molecule has 2 atom stereocenters. The summed E-state index contributed by atoms with van der Waals surface area (Å²) in [5.41, 5.74) is 0. The molecule has 0 radical (unpaired) electrons. The minimum absolute atomic E-state index is 0.0392. The van der Waals surface area contributed by atoms with E-state index in [2.05, 4.69) is 27.8 Å². The molecule has 2 aliphatic heterocycles. The molecule has 6 nitrogen and oxygen atoms in total. The standard InChI is InChI=1S/C15H28N4O2/c1-11-4-3-7-17-14(11)15(21)18-12-5-8-19(9-6-12)10-13(20)16-2/h11-12,14,17H,3-10H2,1-2H3,(H,16,20)(H,18,21). The molecule has 0 aliphatic carbocycles. The molecule has 2 amide bonds. The number of hydrogen-bond acceptors (Lipinski definition) is 4. The maximum absolute atomic E-state index is 12.3. The largest absolute Gasteiger partial charge is 0.358 e. The van der Waals surface area contributed by atoms with E-state index in [1.54, 1.807) is 7.05 Å². The topological polar surface area (TPSA) is 73.5 Å². The zero-order chi connectivity index (χ0) is 15.2. The highest BCUT2D eigenvalue weighted by Gasteiger charge is 2.29. The van der Waals surface area contributed by atoms with E-state index >= 15 is 0 Å². The van der Waals surface area contributed by atoms with Crippen LogP contribution in [-0.4, -0.2) is 62.0 Å². The van der Waals surface area contributed by atoms with Crippen molar-refractivity contribution in [3.05, 3.63) is 0 Å². The molecule has 0 saturated carbocycles. The predicted molar refractivity (Wildman–Crippen MR) is 81.9 cm³/mol. The Bertz CT molecular complexity index is 367. The van der Waals surface area contributed by atoms with Gasteiger partial charge >= 0.3 is 0 Å². The quantitative estimate of drug-likeness (QED) is 0.666. The van der Waals surface area contributed by atoms with Crippen LogP contribution >= 0.6 is 0 Å². The molecule has 3 N–H and O–H groups in total. The number of likely N-dealkylation sites (tertiary alicyclic amines) is 1. The van der Waals surface area contributed by atoms with E-state index < -0.39 is 0 Å². The Hall–Kier alpha value is -1.14. The fourth-order valence-electron chi connectivity index (χ4n) is 3.21. The molecule has 21 heavy (non-hydrogen) atoms. The molecule has 0 spiro atoms. The lowest BCUT2D eigenvalue weighted by Crippen LogP contribution is -2.55. The van der Waals surface area contributed by atoms with Gasteiger partial charge < -0.3 is 16.0 Å². The molecule has 2 fully saturated rings. The summed E-state index contributed by atoms with van der Waals surface area (Å²) in [5, 5.41) is 9.15. The summed E-state index contributed by atoms with van der Waals surface area (Å²) >= 11 is 0. The van der Waals surface area contributed by atoms with Crippen LogP contribution in [0.5, 0.6) is 0 Å². The van der Waals surface area contributed by atoms with Crippen LogP contribution in [0.3, 0.4) is 0 Å². The minimum Gasteiger partial charge on any atom is -0.358 e. The van der Waals surface area contributed by atoms with Gasteiger partial charge in [-0.15, -0.1) is 0 Å². The number of piperidine rings is 2. The Morgan fingerprint density at radius 3 is 2.57 bits per heavy atom. The van der Waals surface area contributed by atoms with Crippen molar-refractivity contribution in [2.75, 3.05) is 33.2 Å². The number of carbonyl (C=O) groups is 2. The lowest BCUT2D eigenvalue weighted by molar-refractivity contribution is -0.126. The highest BCUT2D eigenvalue weighted by Crippen LogP contribution is 2.17. The van der Waals surface area contributed by atoms with Gasteiger partial charge in [0.15, 0.2) is 0 Å². The second-order valence-electron chi connectivity index (χ2n) is 6.28. The van der Waals surface area contributed by atoms with E-state index in [1.165, 1.54) is 0 Å². The number of likely N-dealkylation sites (N-methyl/N-ethyl adjacent to an activating group) is 1.